The zero-order chi connectivity index (χ0) is 23.1. The van der Waals surface area contributed by atoms with Crippen molar-refractivity contribution in [2.75, 3.05) is 5.75 Å². The molecule has 0 fully saturated rings. The second-order valence-electron chi connectivity index (χ2n) is 7.06. The third-order valence-corrected chi connectivity index (χ3v) is 6.14. The van der Waals surface area contributed by atoms with Crippen LogP contribution in [0.2, 0.25) is 10.0 Å². The van der Waals surface area contributed by atoms with E-state index in [0.29, 0.717) is 33.3 Å². The van der Waals surface area contributed by atoms with Crippen molar-refractivity contribution < 1.29 is 9.53 Å². The third-order valence-electron chi connectivity index (χ3n) is 4.63. The van der Waals surface area contributed by atoms with E-state index in [4.69, 9.17) is 27.9 Å². The average Bonchev–Trinajstić information content (AvgIpc) is 3.18. The normalized spacial score (nSPS) is 12.8. The first-order valence-corrected chi connectivity index (χ1v) is 11.8. The molecule has 9 heteroatoms. The lowest BCUT2D eigenvalue weighted by Gasteiger charge is -2.17. The number of carbonyl (C=O) groups excluding carboxylic acids is 1. The molecular weight excluding hydrogens is 467 g/mol. The summed E-state index contributed by atoms with van der Waals surface area (Å²) < 4.78 is 7.85. The smallest absolute Gasteiger partial charge is 0.230 e. The van der Waals surface area contributed by atoms with Crippen molar-refractivity contribution >= 4 is 40.9 Å². The summed E-state index contributed by atoms with van der Waals surface area (Å²) in [7, 11) is 0. The number of hydrogen-bond acceptors (Lipinski definition) is 5. The van der Waals surface area contributed by atoms with Gasteiger partial charge in [-0.15, -0.1) is 16.8 Å². The van der Waals surface area contributed by atoms with Crippen LogP contribution in [0.1, 0.15) is 37.4 Å². The van der Waals surface area contributed by atoms with Crippen LogP contribution in [0, 0.1) is 0 Å². The van der Waals surface area contributed by atoms with Crippen LogP contribution in [0.15, 0.2) is 66.3 Å². The van der Waals surface area contributed by atoms with Crippen LogP contribution in [0.4, 0.5) is 0 Å². The van der Waals surface area contributed by atoms with E-state index in [9.17, 15) is 4.79 Å². The van der Waals surface area contributed by atoms with Gasteiger partial charge in [-0.3, -0.25) is 9.36 Å². The Morgan fingerprint density at radius 1 is 1.22 bits per heavy atom. The Balaban J connectivity index is 1.66. The molecule has 6 nitrogen and oxygen atoms in total. The molecule has 0 spiro atoms. The molecule has 3 rings (SSSR count). The summed E-state index contributed by atoms with van der Waals surface area (Å²) in [5.41, 5.74) is 1.05. The van der Waals surface area contributed by atoms with Crippen molar-refractivity contribution in [3.8, 4) is 5.75 Å². The molecule has 1 heterocycles. The molecule has 1 aromatic heterocycles. The van der Waals surface area contributed by atoms with E-state index in [1.807, 2.05) is 48.7 Å². The van der Waals surface area contributed by atoms with Gasteiger partial charge in [0.05, 0.1) is 16.8 Å². The Kier molecular flexibility index (Phi) is 8.61. The molecule has 0 aliphatic carbocycles. The minimum absolute atomic E-state index is 0.0817. The molecule has 3 aromatic rings. The second kappa shape index (κ2) is 11.4. The Labute approximate surface area is 202 Å². The fourth-order valence-electron chi connectivity index (χ4n) is 3.06. The molecule has 0 aliphatic heterocycles. The predicted octanol–water partition coefficient (Wildman–Crippen LogP) is 5.88. The highest BCUT2D eigenvalue weighted by Crippen LogP contribution is 2.32. The molecule has 0 saturated heterocycles. The molecule has 2 aromatic carbocycles. The zero-order valence-corrected chi connectivity index (χ0v) is 20.1. The largest absolute Gasteiger partial charge is 0.481 e. The van der Waals surface area contributed by atoms with Gasteiger partial charge in [-0.25, -0.2) is 0 Å². The Bertz CT molecular complexity index is 1080. The van der Waals surface area contributed by atoms with E-state index in [0.717, 1.165) is 5.56 Å². The van der Waals surface area contributed by atoms with Crippen LogP contribution in [0.25, 0.3) is 0 Å². The number of aromatic nitrogens is 3. The highest BCUT2D eigenvalue weighted by molar-refractivity contribution is 7.99. The number of nitrogens with zero attached hydrogens (tertiary/aromatic N) is 3. The third kappa shape index (κ3) is 6.28. The Hall–Kier alpha value is -2.48. The predicted molar refractivity (Wildman–Crippen MR) is 129 cm³/mol. The maximum absolute atomic E-state index is 12.5. The van der Waals surface area contributed by atoms with Crippen LogP contribution in [-0.2, 0) is 11.3 Å². The van der Waals surface area contributed by atoms with Crippen molar-refractivity contribution in [3.05, 3.63) is 82.6 Å². The molecule has 2 unspecified atom stereocenters. The molecular formula is C23H24Cl2N4O2S. The van der Waals surface area contributed by atoms with Gasteiger partial charge in [0.25, 0.3) is 0 Å². The van der Waals surface area contributed by atoms with Gasteiger partial charge in [0.2, 0.25) is 5.91 Å². The lowest BCUT2D eigenvalue weighted by atomic mass is 10.1. The number of thioether (sulfide) groups is 1. The monoisotopic (exact) mass is 490 g/mol. The van der Waals surface area contributed by atoms with Gasteiger partial charge in [-0.05, 0) is 31.5 Å². The van der Waals surface area contributed by atoms with Gasteiger partial charge in [0.1, 0.15) is 5.75 Å². The number of amides is 1. The maximum Gasteiger partial charge on any atom is 0.230 e. The number of rotatable bonds is 10. The van der Waals surface area contributed by atoms with Crippen LogP contribution >= 0.6 is 35.0 Å². The minimum atomic E-state index is -0.445. The van der Waals surface area contributed by atoms with Gasteiger partial charge < -0.3 is 10.1 Å². The van der Waals surface area contributed by atoms with Crippen molar-refractivity contribution in [1.82, 2.24) is 20.1 Å². The standard InChI is InChI=1S/C23H24Cl2N4O2S/c1-4-12-29-22(16(3)31-20-13-18(24)10-11-19(20)25)27-28-23(29)32-14-21(30)26-15(2)17-8-6-5-7-9-17/h4-11,13,15-16H,1,12,14H2,2-3H3,(H,26,30). The quantitative estimate of drug-likeness (QED) is 0.283. The summed E-state index contributed by atoms with van der Waals surface area (Å²) in [6.45, 7) is 8.09. The SMILES string of the molecule is C=CCn1c(SCC(=O)NC(C)c2ccccc2)nnc1C(C)Oc1cc(Cl)ccc1Cl. The second-order valence-corrected chi connectivity index (χ2v) is 8.85. The van der Waals surface area contributed by atoms with Gasteiger partial charge >= 0.3 is 0 Å². The van der Waals surface area contributed by atoms with Crippen LogP contribution in [0.3, 0.4) is 0 Å². The first-order chi connectivity index (χ1) is 15.4. The summed E-state index contributed by atoms with van der Waals surface area (Å²) in [5, 5.41) is 13.1. The van der Waals surface area contributed by atoms with Gasteiger partial charge in [0, 0.05) is 17.6 Å². The summed E-state index contributed by atoms with van der Waals surface area (Å²) in [6.07, 6.45) is 1.30. The molecule has 0 bridgehead atoms. The number of halogens is 2. The zero-order valence-electron chi connectivity index (χ0n) is 17.8. The summed E-state index contributed by atoms with van der Waals surface area (Å²) in [5.74, 6) is 1.18. The molecule has 168 valence electrons. The molecule has 0 aliphatic rings. The lowest BCUT2D eigenvalue weighted by Crippen LogP contribution is -2.28. The van der Waals surface area contributed by atoms with E-state index in [-0.39, 0.29) is 17.7 Å². The van der Waals surface area contributed by atoms with Crippen molar-refractivity contribution in [1.29, 1.82) is 0 Å². The van der Waals surface area contributed by atoms with E-state index >= 15 is 0 Å². The number of nitrogens with one attached hydrogen (secondary N) is 1. The van der Waals surface area contributed by atoms with Gasteiger partial charge in [0.15, 0.2) is 17.1 Å². The fraction of sp³-hybridized carbons (Fsp3) is 0.261. The molecule has 0 saturated carbocycles. The Morgan fingerprint density at radius 2 is 1.97 bits per heavy atom. The summed E-state index contributed by atoms with van der Waals surface area (Å²) >= 11 is 13.6. The number of ether oxygens (including phenoxy) is 1. The van der Waals surface area contributed by atoms with Gasteiger partial charge in [-0.1, -0.05) is 71.4 Å². The van der Waals surface area contributed by atoms with Crippen molar-refractivity contribution in [3.63, 3.8) is 0 Å². The van der Waals surface area contributed by atoms with Crippen molar-refractivity contribution in [2.45, 2.75) is 37.7 Å². The first-order valence-electron chi connectivity index (χ1n) is 10.0. The minimum Gasteiger partial charge on any atom is -0.481 e. The maximum atomic E-state index is 12.5. The van der Waals surface area contributed by atoms with E-state index < -0.39 is 6.10 Å². The molecule has 32 heavy (non-hydrogen) atoms. The number of hydrogen-bond donors (Lipinski definition) is 1. The van der Waals surface area contributed by atoms with Gasteiger partial charge in [-0.2, -0.15) is 0 Å². The number of allylic oxidation sites excluding steroid dienone is 1. The number of carbonyl (C=O) groups is 1. The highest BCUT2D eigenvalue weighted by Gasteiger charge is 2.21. The average molecular weight is 491 g/mol. The first kappa shape index (κ1) is 24.2. The fourth-order valence-corrected chi connectivity index (χ4v) is 4.15. The highest BCUT2D eigenvalue weighted by atomic mass is 35.5. The lowest BCUT2D eigenvalue weighted by molar-refractivity contribution is -0.119. The van der Waals surface area contributed by atoms with Crippen molar-refractivity contribution in [2.24, 2.45) is 0 Å². The van der Waals surface area contributed by atoms with Crippen LogP contribution in [0.5, 0.6) is 5.75 Å². The topological polar surface area (TPSA) is 69.0 Å². The van der Waals surface area contributed by atoms with E-state index in [1.165, 1.54) is 11.8 Å². The Morgan fingerprint density at radius 3 is 2.69 bits per heavy atom. The molecule has 0 radical (unpaired) electrons. The molecule has 1 N–H and O–H groups in total. The van der Waals surface area contributed by atoms with E-state index in [2.05, 4.69) is 22.1 Å². The van der Waals surface area contributed by atoms with E-state index in [1.54, 1.807) is 24.3 Å². The summed E-state index contributed by atoms with van der Waals surface area (Å²) in [4.78, 5) is 12.5. The van der Waals surface area contributed by atoms with Crippen LogP contribution < -0.4 is 10.1 Å². The summed E-state index contributed by atoms with van der Waals surface area (Å²) in [6, 6.07) is 14.8. The molecule has 2 atom stereocenters. The molecule has 1 amide bonds. The van der Waals surface area contributed by atoms with Crippen LogP contribution in [-0.4, -0.2) is 26.4 Å². The number of benzene rings is 2.